The van der Waals surface area contributed by atoms with Crippen molar-refractivity contribution in [2.24, 2.45) is 0 Å². The van der Waals surface area contributed by atoms with Gasteiger partial charge in [-0.25, -0.2) is 15.0 Å². The monoisotopic (exact) mass is 734 g/mol. The lowest BCUT2D eigenvalue weighted by molar-refractivity contribution is 0.997. The van der Waals surface area contributed by atoms with Gasteiger partial charge in [0, 0.05) is 33.2 Å². The van der Waals surface area contributed by atoms with Crippen molar-refractivity contribution in [1.29, 1.82) is 0 Å². The normalized spacial score (nSPS) is 14.0. The number of aromatic nitrogens is 4. The summed E-state index contributed by atoms with van der Waals surface area (Å²) >= 11 is 0. The van der Waals surface area contributed by atoms with Gasteiger partial charge in [-0.1, -0.05) is 176 Å². The van der Waals surface area contributed by atoms with E-state index in [0.717, 1.165) is 45.2 Å². The first-order valence-electron chi connectivity index (χ1n) is 19.2. The van der Waals surface area contributed by atoms with Crippen LogP contribution in [-0.4, -0.2) is 27.6 Å². The molecule has 10 rings (SSSR count). The standard InChI is InChI=1S/C51H38N4Si/c1-6-19-37(20-7-1)49-52-50(54-51(53-49)39-33-34-48-46(36-39)45-31-16-17-32-47(45)55(48)40-22-8-2-9-23-40)38-21-18-30-44(35-38)56(41-24-10-3-11-25-41,42-26-12-4-13-27-42)43-28-14-5-15-29-43/h1-28,30-36,43H,29H2. The van der Waals surface area contributed by atoms with Crippen LogP contribution in [0.4, 0.5) is 0 Å². The van der Waals surface area contributed by atoms with E-state index in [2.05, 4.69) is 199 Å². The molecule has 0 bridgehead atoms. The van der Waals surface area contributed by atoms with Crippen molar-refractivity contribution in [3.8, 4) is 39.9 Å². The molecule has 0 radical (unpaired) electrons. The molecule has 4 nitrogen and oxygen atoms in total. The van der Waals surface area contributed by atoms with E-state index in [4.69, 9.17) is 15.0 Å². The van der Waals surface area contributed by atoms with Gasteiger partial charge in [-0.2, -0.15) is 0 Å². The molecule has 266 valence electrons. The van der Waals surface area contributed by atoms with Gasteiger partial charge >= 0.3 is 0 Å². The molecular formula is C51H38N4Si. The van der Waals surface area contributed by atoms with Crippen LogP contribution >= 0.6 is 0 Å². The van der Waals surface area contributed by atoms with Crippen molar-refractivity contribution in [2.75, 3.05) is 0 Å². The van der Waals surface area contributed by atoms with Gasteiger partial charge in [-0.15, -0.1) is 0 Å². The van der Waals surface area contributed by atoms with Crippen LogP contribution in [0, 0.1) is 0 Å². The summed E-state index contributed by atoms with van der Waals surface area (Å²) in [4.78, 5) is 15.6. The molecule has 0 saturated carbocycles. The summed E-state index contributed by atoms with van der Waals surface area (Å²) < 4.78 is 2.33. The van der Waals surface area contributed by atoms with E-state index in [1.807, 2.05) is 18.2 Å². The van der Waals surface area contributed by atoms with Crippen LogP contribution in [0.2, 0.25) is 5.54 Å². The number of para-hydroxylation sites is 2. The molecule has 2 heterocycles. The fraction of sp³-hybridized carbons (Fsp3) is 0.0392. The second-order valence-corrected chi connectivity index (χ2v) is 18.5. The van der Waals surface area contributed by atoms with E-state index >= 15 is 0 Å². The molecule has 0 spiro atoms. The van der Waals surface area contributed by atoms with E-state index < -0.39 is 8.07 Å². The number of nitrogens with zero attached hydrogens (tertiary/aromatic N) is 4. The second-order valence-electron chi connectivity index (χ2n) is 14.4. The molecule has 1 unspecified atom stereocenters. The lowest BCUT2D eigenvalue weighted by Gasteiger charge is -2.40. The highest BCUT2D eigenvalue weighted by Gasteiger charge is 2.45. The van der Waals surface area contributed by atoms with Crippen molar-refractivity contribution in [2.45, 2.75) is 12.0 Å². The summed E-state index contributed by atoms with van der Waals surface area (Å²) in [5.74, 6) is 1.95. The molecular weight excluding hydrogens is 697 g/mol. The van der Waals surface area contributed by atoms with Crippen LogP contribution in [0.3, 0.4) is 0 Å². The quantitative estimate of drug-likeness (QED) is 0.115. The zero-order chi connectivity index (χ0) is 37.3. The number of hydrogen-bond donors (Lipinski definition) is 0. The fourth-order valence-corrected chi connectivity index (χ4v) is 14.0. The first-order chi connectivity index (χ1) is 27.8. The van der Waals surface area contributed by atoms with E-state index in [1.165, 1.54) is 20.9 Å². The molecule has 1 aliphatic carbocycles. The van der Waals surface area contributed by atoms with E-state index in [0.29, 0.717) is 23.0 Å². The molecule has 0 aliphatic heterocycles. The zero-order valence-electron chi connectivity index (χ0n) is 30.8. The van der Waals surface area contributed by atoms with Crippen LogP contribution in [0.1, 0.15) is 6.42 Å². The highest BCUT2D eigenvalue weighted by atomic mass is 28.3. The number of benzene rings is 7. The predicted molar refractivity (Wildman–Crippen MR) is 235 cm³/mol. The molecule has 56 heavy (non-hydrogen) atoms. The van der Waals surface area contributed by atoms with E-state index in [1.54, 1.807) is 0 Å². The van der Waals surface area contributed by atoms with E-state index in [9.17, 15) is 0 Å². The second kappa shape index (κ2) is 14.4. The summed E-state index contributed by atoms with van der Waals surface area (Å²) in [6.45, 7) is 0. The van der Waals surface area contributed by atoms with Crippen LogP contribution in [0.25, 0.3) is 61.7 Å². The van der Waals surface area contributed by atoms with Gasteiger partial charge in [0.15, 0.2) is 25.5 Å². The Bertz CT molecular complexity index is 2840. The molecule has 0 fully saturated rings. The zero-order valence-corrected chi connectivity index (χ0v) is 31.8. The predicted octanol–water partition coefficient (Wildman–Crippen LogP) is 10.3. The van der Waals surface area contributed by atoms with Gasteiger partial charge in [-0.05, 0) is 63.9 Å². The molecule has 9 aromatic rings. The van der Waals surface area contributed by atoms with Crippen LogP contribution in [0.15, 0.2) is 212 Å². The number of hydrogen-bond acceptors (Lipinski definition) is 3. The molecule has 0 saturated heterocycles. The molecule has 7 aromatic carbocycles. The number of fused-ring (bicyclic) bond motifs is 3. The van der Waals surface area contributed by atoms with Gasteiger partial charge in [0.25, 0.3) is 0 Å². The van der Waals surface area contributed by atoms with Crippen molar-refractivity contribution in [3.63, 3.8) is 0 Å². The minimum atomic E-state index is -2.64. The van der Waals surface area contributed by atoms with Crippen LogP contribution < -0.4 is 15.6 Å². The fourth-order valence-electron chi connectivity index (χ4n) is 8.67. The maximum atomic E-state index is 5.29. The first kappa shape index (κ1) is 33.6. The minimum absolute atomic E-state index is 0.325. The van der Waals surface area contributed by atoms with Crippen molar-refractivity contribution in [1.82, 2.24) is 19.5 Å². The van der Waals surface area contributed by atoms with Crippen molar-refractivity contribution < 1.29 is 0 Å². The smallest absolute Gasteiger partial charge is 0.164 e. The van der Waals surface area contributed by atoms with E-state index in [-0.39, 0.29) is 0 Å². The summed E-state index contributed by atoms with van der Waals surface area (Å²) in [5.41, 5.74) is 6.63. The number of rotatable bonds is 8. The molecule has 5 heteroatoms. The summed E-state index contributed by atoms with van der Waals surface area (Å²) in [7, 11) is -2.64. The molecule has 0 amide bonds. The lowest BCUT2D eigenvalue weighted by atomic mass is 10.1. The molecule has 1 atom stereocenters. The topological polar surface area (TPSA) is 43.6 Å². The third kappa shape index (κ3) is 5.81. The average molecular weight is 735 g/mol. The Balaban J connectivity index is 1.18. The average Bonchev–Trinajstić information content (AvgIpc) is 3.62. The van der Waals surface area contributed by atoms with Gasteiger partial charge in [0.1, 0.15) is 0 Å². The molecule has 0 N–H and O–H groups in total. The van der Waals surface area contributed by atoms with Crippen molar-refractivity contribution >= 4 is 45.4 Å². The minimum Gasteiger partial charge on any atom is -0.309 e. The third-order valence-electron chi connectivity index (χ3n) is 11.2. The third-order valence-corrected chi connectivity index (χ3v) is 16.4. The highest BCUT2D eigenvalue weighted by Crippen LogP contribution is 2.36. The van der Waals surface area contributed by atoms with Crippen LogP contribution in [-0.2, 0) is 0 Å². The van der Waals surface area contributed by atoms with Gasteiger partial charge in [0.05, 0.1) is 11.0 Å². The Morgan fingerprint density at radius 2 is 0.964 bits per heavy atom. The van der Waals surface area contributed by atoms with Crippen molar-refractivity contribution in [3.05, 3.63) is 212 Å². The SMILES string of the molecule is C1=CCC([Si](c2ccccc2)(c2ccccc2)c2cccc(-c3nc(-c4ccccc4)nc(-c4ccc5c(c4)c4ccccc4n5-c4ccccc4)n3)c2)C=C1. The van der Waals surface area contributed by atoms with Gasteiger partial charge < -0.3 is 4.57 Å². The maximum Gasteiger partial charge on any atom is 0.164 e. The Hall–Kier alpha value is -6.95. The highest BCUT2D eigenvalue weighted by molar-refractivity contribution is 7.12. The summed E-state index contributed by atoms with van der Waals surface area (Å²) in [6.07, 6.45) is 10.1. The van der Waals surface area contributed by atoms with Gasteiger partial charge in [0.2, 0.25) is 0 Å². The lowest BCUT2D eigenvalue weighted by Crippen LogP contribution is -2.69. The van der Waals surface area contributed by atoms with Gasteiger partial charge in [-0.3, -0.25) is 0 Å². The first-order valence-corrected chi connectivity index (χ1v) is 21.3. The number of allylic oxidation sites excluding steroid dienone is 4. The Morgan fingerprint density at radius 1 is 0.429 bits per heavy atom. The molecule has 1 aliphatic rings. The largest absolute Gasteiger partial charge is 0.309 e. The maximum absolute atomic E-state index is 5.29. The summed E-state index contributed by atoms with van der Waals surface area (Å²) in [5, 5.41) is 6.45. The summed E-state index contributed by atoms with van der Waals surface area (Å²) in [6, 6.07) is 67.3. The molecule has 2 aromatic heterocycles. The Kier molecular flexibility index (Phi) is 8.62. The van der Waals surface area contributed by atoms with Crippen LogP contribution in [0.5, 0.6) is 0 Å². The Morgan fingerprint density at radius 3 is 1.62 bits per heavy atom. The Labute approximate surface area is 327 Å².